The molecule has 0 radical (unpaired) electrons. The van der Waals surface area contributed by atoms with E-state index in [-0.39, 0.29) is 24.6 Å². The van der Waals surface area contributed by atoms with E-state index in [0.717, 1.165) is 0 Å². The van der Waals surface area contributed by atoms with Gasteiger partial charge in [-0.1, -0.05) is 5.11 Å². The molecule has 34 heavy (non-hydrogen) atoms. The highest BCUT2D eigenvalue weighted by atomic mass is 32.3. The third-order valence-electron chi connectivity index (χ3n) is 4.57. The molecule has 0 aromatic heterocycles. The summed E-state index contributed by atoms with van der Waals surface area (Å²) in [6, 6.07) is 4.72. The fourth-order valence-corrected chi connectivity index (χ4v) is 3.35. The van der Waals surface area contributed by atoms with E-state index in [1.807, 2.05) is 0 Å². The third-order valence-corrected chi connectivity index (χ3v) is 5.00. The average molecular weight is 503 g/mol. The average Bonchev–Trinajstić information content (AvgIpc) is 2.76. The number of aliphatic hydroxyl groups excluding tert-OH is 2. The van der Waals surface area contributed by atoms with Crippen molar-refractivity contribution in [2.45, 2.75) is 50.4 Å². The SMILES string of the molecule is CC(=O)N[C@H]1[C@H](Oc2ccc(NC(=O)CCCN=[N+]=[N-])cc2)O[C@H](COS(=O)(=O)O)[C@@H](O)[C@@H]1O. The predicted octanol–water partition coefficient (Wildman–Crippen LogP) is -0.135. The zero-order valence-corrected chi connectivity index (χ0v) is 18.8. The van der Waals surface area contributed by atoms with Crippen LogP contribution in [0.5, 0.6) is 5.75 Å². The normalized spacial score (nSPS) is 24.5. The third kappa shape index (κ3) is 8.75. The molecule has 1 aliphatic rings. The predicted molar refractivity (Wildman–Crippen MR) is 115 cm³/mol. The van der Waals surface area contributed by atoms with Crippen LogP contribution < -0.4 is 15.4 Å². The van der Waals surface area contributed by atoms with Gasteiger partial charge >= 0.3 is 10.4 Å². The van der Waals surface area contributed by atoms with Gasteiger partial charge in [0.2, 0.25) is 18.1 Å². The topological polar surface area (TPSA) is 229 Å². The molecule has 0 saturated carbocycles. The zero-order valence-electron chi connectivity index (χ0n) is 18.0. The molecular formula is C18H25N5O10S. The number of nitrogens with zero attached hydrogens (tertiary/aromatic N) is 3. The Kier molecular flexibility index (Phi) is 10.0. The molecule has 1 saturated heterocycles. The summed E-state index contributed by atoms with van der Waals surface area (Å²) in [4.78, 5) is 26.0. The molecule has 0 aliphatic carbocycles. The molecule has 0 bridgehead atoms. The monoisotopic (exact) mass is 503 g/mol. The molecule has 0 unspecified atom stereocenters. The van der Waals surface area contributed by atoms with Crippen molar-refractivity contribution in [3.05, 3.63) is 34.7 Å². The maximum atomic E-state index is 11.9. The number of carbonyl (C=O) groups excluding carboxylic acids is 2. The Morgan fingerprint density at radius 2 is 1.91 bits per heavy atom. The van der Waals surface area contributed by atoms with E-state index in [1.54, 1.807) is 0 Å². The van der Waals surface area contributed by atoms with Crippen molar-refractivity contribution in [3.63, 3.8) is 0 Å². The maximum Gasteiger partial charge on any atom is 0.397 e. The first kappa shape index (κ1) is 27.3. The second-order valence-electron chi connectivity index (χ2n) is 7.21. The zero-order chi connectivity index (χ0) is 25.3. The van der Waals surface area contributed by atoms with Crippen molar-refractivity contribution in [1.29, 1.82) is 0 Å². The van der Waals surface area contributed by atoms with Crippen molar-refractivity contribution >= 4 is 27.9 Å². The van der Waals surface area contributed by atoms with Gasteiger partial charge < -0.3 is 30.3 Å². The van der Waals surface area contributed by atoms with E-state index >= 15 is 0 Å². The van der Waals surface area contributed by atoms with E-state index in [9.17, 15) is 28.2 Å². The number of azide groups is 1. The summed E-state index contributed by atoms with van der Waals surface area (Å²) in [5, 5.41) is 29.0. The molecule has 16 heteroatoms. The minimum atomic E-state index is -4.84. The molecule has 5 atom stereocenters. The molecular weight excluding hydrogens is 478 g/mol. The van der Waals surface area contributed by atoms with Crippen LogP contribution in [0.25, 0.3) is 10.4 Å². The molecule has 15 nitrogen and oxygen atoms in total. The summed E-state index contributed by atoms with van der Waals surface area (Å²) in [6.45, 7) is 0.548. The number of benzene rings is 1. The fourth-order valence-electron chi connectivity index (χ4n) is 3.04. The Balaban J connectivity index is 2.07. The van der Waals surface area contributed by atoms with E-state index in [4.69, 9.17) is 19.6 Å². The molecule has 1 heterocycles. The number of amides is 2. The lowest BCUT2D eigenvalue weighted by Gasteiger charge is -2.42. The molecule has 1 aromatic carbocycles. The van der Waals surface area contributed by atoms with Gasteiger partial charge in [0.1, 0.15) is 30.1 Å². The van der Waals surface area contributed by atoms with Gasteiger partial charge in [-0.05, 0) is 36.2 Å². The summed E-state index contributed by atoms with van der Waals surface area (Å²) >= 11 is 0. The largest absolute Gasteiger partial charge is 0.463 e. The van der Waals surface area contributed by atoms with Crippen LogP contribution in [-0.2, 0) is 28.9 Å². The number of hydrogen-bond donors (Lipinski definition) is 5. The van der Waals surface area contributed by atoms with Gasteiger partial charge in [0.15, 0.2) is 0 Å². The van der Waals surface area contributed by atoms with Crippen LogP contribution in [0.2, 0.25) is 0 Å². The van der Waals surface area contributed by atoms with E-state index in [2.05, 4.69) is 24.8 Å². The Morgan fingerprint density at radius 3 is 2.50 bits per heavy atom. The van der Waals surface area contributed by atoms with Gasteiger partial charge in [0.05, 0.1) is 6.61 Å². The lowest BCUT2D eigenvalue weighted by atomic mass is 9.97. The molecule has 188 valence electrons. The van der Waals surface area contributed by atoms with Crippen LogP contribution in [-0.4, -0.2) is 78.8 Å². The Bertz CT molecular complexity index is 999. The van der Waals surface area contributed by atoms with Crippen LogP contribution in [0.1, 0.15) is 19.8 Å². The number of aliphatic hydroxyl groups is 2. The second-order valence-corrected chi connectivity index (χ2v) is 8.30. The molecule has 0 spiro atoms. The van der Waals surface area contributed by atoms with Crippen LogP contribution in [0.15, 0.2) is 29.4 Å². The van der Waals surface area contributed by atoms with E-state index in [1.165, 1.54) is 31.2 Å². The summed E-state index contributed by atoms with van der Waals surface area (Å²) in [5.74, 6) is -0.652. The highest BCUT2D eigenvalue weighted by molar-refractivity contribution is 7.80. The van der Waals surface area contributed by atoms with Crippen LogP contribution in [0.3, 0.4) is 0 Å². The summed E-state index contributed by atoms with van der Waals surface area (Å²) in [7, 11) is -4.84. The number of nitrogens with one attached hydrogen (secondary N) is 2. The fraction of sp³-hybridized carbons (Fsp3) is 0.556. The van der Waals surface area contributed by atoms with Crippen molar-refractivity contribution in [2.75, 3.05) is 18.5 Å². The van der Waals surface area contributed by atoms with E-state index in [0.29, 0.717) is 12.1 Å². The van der Waals surface area contributed by atoms with Gasteiger partial charge in [-0.3, -0.25) is 14.1 Å². The van der Waals surface area contributed by atoms with Crippen LogP contribution in [0, 0.1) is 0 Å². The van der Waals surface area contributed by atoms with Crippen molar-refractivity contribution in [3.8, 4) is 5.75 Å². The van der Waals surface area contributed by atoms with Crippen LogP contribution in [0.4, 0.5) is 5.69 Å². The molecule has 1 aromatic rings. The number of rotatable bonds is 11. The summed E-state index contributed by atoms with van der Waals surface area (Å²) < 4.78 is 45.8. The van der Waals surface area contributed by atoms with Crippen LogP contribution >= 0.6 is 0 Å². The number of hydrogen-bond acceptors (Lipinski definition) is 10. The molecule has 5 N–H and O–H groups in total. The first-order chi connectivity index (χ1) is 16.0. The Morgan fingerprint density at radius 1 is 1.24 bits per heavy atom. The van der Waals surface area contributed by atoms with Crippen molar-refractivity contribution in [1.82, 2.24) is 5.32 Å². The molecule has 2 amide bonds. The van der Waals surface area contributed by atoms with Gasteiger partial charge in [-0.2, -0.15) is 8.42 Å². The Hall–Kier alpha value is -2.98. The summed E-state index contributed by atoms with van der Waals surface area (Å²) in [5.41, 5.74) is 8.66. The summed E-state index contributed by atoms with van der Waals surface area (Å²) in [6.07, 6.45) is -5.55. The van der Waals surface area contributed by atoms with Gasteiger partial charge in [-0.15, -0.1) is 0 Å². The minimum absolute atomic E-state index is 0.152. The van der Waals surface area contributed by atoms with Gasteiger partial charge in [-0.25, -0.2) is 4.18 Å². The highest BCUT2D eigenvalue weighted by Gasteiger charge is 2.46. The van der Waals surface area contributed by atoms with Crippen molar-refractivity contribution in [2.24, 2.45) is 5.11 Å². The minimum Gasteiger partial charge on any atom is -0.463 e. The highest BCUT2D eigenvalue weighted by Crippen LogP contribution is 2.26. The first-order valence-electron chi connectivity index (χ1n) is 9.98. The lowest BCUT2D eigenvalue weighted by molar-refractivity contribution is -0.242. The molecule has 1 aliphatic heterocycles. The number of carbonyl (C=O) groups is 2. The smallest absolute Gasteiger partial charge is 0.397 e. The second kappa shape index (κ2) is 12.5. The van der Waals surface area contributed by atoms with Crippen molar-refractivity contribution < 1.29 is 46.4 Å². The van der Waals surface area contributed by atoms with Gasteiger partial charge in [0, 0.05) is 30.5 Å². The molecule has 1 fully saturated rings. The first-order valence-corrected chi connectivity index (χ1v) is 11.3. The quantitative estimate of drug-likeness (QED) is 0.0882. The molecule has 2 rings (SSSR count). The Labute approximate surface area is 194 Å². The number of ether oxygens (including phenoxy) is 2. The lowest BCUT2D eigenvalue weighted by Crippen LogP contribution is -2.65. The maximum absolute atomic E-state index is 11.9. The van der Waals surface area contributed by atoms with E-state index < -0.39 is 53.6 Å². The number of anilines is 1. The van der Waals surface area contributed by atoms with Gasteiger partial charge in [0.25, 0.3) is 0 Å². The standard InChI is InChI=1S/C18H25N5O10S/c1-10(24)21-15-17(27)16(26)13(9-31-34(28,29)30)33-18(15)32-12-6-4-11(5-7-12)22-14(25)3-2-8-20-23-19/h4-7,13,15-18,26-27H,2-3,8-9H2,1H3,(H,21,24)(H,22,25)(H,28,29,30)/t13-,15-,16-,17-,18-/m1/s1.